The van der Waals surface area contributed by atoms with Crippen LogP contribution in [0.5, 0.6) is 0 Å². The van der Waals surface area contributed by atoms with Gasteiger partial charge >= 0.3 is 0 Å². The highest BCUT2D eigenvalue weighted by Crippen LogP contribution is 2.31. The molecule has 108 valence electrons. The van der Waals surface area contributed by atoms with E-state index in [-0.39, 0.29) is 6.04 Å². The molecule has 0 fully saturated rings. The Morgan fingerprint density at radius 1 is 1.30 bits per heavy atom. The third-order valence-corrected chi connectivity index (χ3v) is 3.88. The number of rotatable bonds is 5. The van der Waals surface area contributed by atoms with Gasteiger partial charge in [-0.25, -0.2) is 0 Å². The van der Waals surface area contributed by atoms with Crippen molar-refractivity contribution in [3.63, 3.8) is 0 Å². The van der Waals surface area contributed by atoms with E-state index in [1.807, 2.05) is 30.1 Å². The second-order valence-electron chi connectivity index (χ2n) is 4.79. The van der Waals surface area contributed by atoms with Gasteiger partial charge in [0, 0.05) is 23.3 Å². The Kier molecular flexibility index (Phi) is 4.95. The molecule has 20 heavy (non-hydrogen) atoms. The molecule has 0 aliphatic rings. The van der Waals surface area contributed by atoms with Gasteiger partial charge in [0.15, 0.2) is 0 Å². The number of hydrogen-bond acceptors (Lipinski definition) is 2. The van der Waals surface area contributed by atoms with Crippen molar-refractivity contribution in [2.75, 3.05) is 5.32 Å². The molecule has 0 radical (unpaired) electrons. The summed E-state index contributed by atoms with van der Waals surface area (Å²) in [6, 6.07) is 5.78. The lowest BCUT2D eigenvalue weighted by Crippen LogP contribution is -2.11. The van der Waals surface area contributed by atoms with Gasteiger partial charge in [-0.3, -0.25) is 4.68 Å². The summed E-state index contributed by atoms with van der Waals surface area (Å²) in [6.45, 7) is 4.23. The molecule has 1 N–H and O–H groups in total. The first-order chi connectivity index (χ1) is 9.55. The normalized spacial score (nSPS) is 12.4. The lowest BCUT2D eigenvalue weighted by Gasteiger charge is -2.19. The number of halogens is 2. The van der Waals surface area contributed by atoms with E-state index in [9.17, 15) is 0 Å². The molecule has 1 heterocycles. The highest BCUT2D eigenvalue weighted by atomic mass is 35.5. The first-order valence-electron chi connectivity index (χ1n) is 6.79. The van der Waals surface area contributed by atoms with Gasteiger partial charge in [0.25, 0.3) is 0 Å². The third kappa shape index (κ3) is 3.28. The van der Waals surface area contributed by atoms with Crippen molar-refractivity contribution in [1.29, 1.82) is 0 Å². The molecular weight excluding hydrogens is 293 g/mol. The fraction of sp³-hybridized carbons (Fsp3) is 0.400. The van der Waals surface area contributed by atoms with Crippen molar-refractivity contribution in [3.8, 4) is 0 Å². The SMILES string of the molecule is CCc1nn(C)cc1NC(CC)c1ccc(Cl)cc1Cl. The van der Waals surface area contributed by atoms with Crippen LogP contribution in [0, 0.1) is 0 Å². The highest BCUT2D eigenvalue weighted by molar-refractivity contribution is 6.35. The summed E-state index contributed by atoms with van der Waals surface area (Å²) >= 11 is 12.3. The van der Waals surface area contributed by atoms with Crippen LogP contribution in [0.2, 0.25) is 10.0 Å². The highest BCUT2D eigenvalue weighted by Gasteiger charge is 2.16. The topological polar surface area (TPSA) is 29.9 Å². The Labute approximate surface area is 129 Å². The molecule has 5 heteroatoms. The van der Waals surface area contributed by atoms with Crippen molar-refractivity contribution in [2.24, 2.45) is 7.05 Å². The van der Waals surface area contributed by atoms with Gasteiger partial charge < -0.3 is 5.32 Å². The maximum Gasteiger partial charge on any atom is 0.0853 e. The van der Waals surface area contributed by atoms with Crippen molar-refractivity contribution < 1.29 is 0 Å². The molecular formula is C15H19Cl2N3. The summed E-state index contributed by atoms with van der Waals surface area (Å²) < 4.78 is 1.83. The molecule has 0 amide bonds. The minimum absolute atomic E-state index is 0.147. The lowest BCUT2D eigenvalue weighted by atomic mass is 10.0. The Morgan fingerprint density at radius 3 is 2.65 bits per heavy atom. The Bertz CT molecular complexity index is 593. The molecule has 0 saturated heterocycles. The molecule has 0 saturated carbocycles. The van der Waals surface area contributed by atoms with Crippen LogP contribution >= 0.6 is 23.2 Å². The maximum atomic E-state index is 6.30. The summed E-state index contributed by atoms with van der Waals surface area (Å²) in [4.78, 5) is 0. The van der Waals surface area contributed by atoms with Crippen LogP contribution in [-0.4, -0.2) is 9.78 Å². The molecule has 0 spiro atoms. The van der Waals surface area contributed by atoms with E-state index in [0.717, 1.165) is 29.8 Å². The predicted molar refractivity (Wildman–Crippen MR) is 85.7 cm³/mol. The molecule has 0 aliphatic carbocycles. The smallest absolute Gasteiger partial charge is 0.0853 e. The molecule has 1 unspecified atom stereocenters. The zero-order valence-corrected chi connectivity index (χ0v) is 13.5. The number of anilines is 1. The molecule has 1 aromatic heterocycles. The molecule has 1 atom stereocenters. The first kappa shape index (κ1) is 15.2. The van der Waals surface area contributed by atoms with Crippen LogP contribution in [-0.2, 0) is 13.5 Å². The fourth-order valence-electron chi connectivity index (χ4n) is 2.29. The Hall–Kier alpha value is -1.19. The van der Waals surface area contributed by atoms with Gasteiger partial charge in [-0.05, 0) is 30.5 Å². The van der Waals surface area contributed by atoms with Crippen LogP contribution in [0.1, 0.15) is 37.6 Å². The second kappa shape index (κ2) is 6.51. The summed E-state index contributed by atoms with van der Waals surface area (Å²) in [5.74, 6) is 0. The largest absolute Gasteiger partial charge is 0.375 e. The van der Waals surface area contributed by atoms with Crippen LogP contribution in [0.4, 0.5) is 5.69 Å². The van der Waals surface area contributed by atoms with E-state index in [2.05, 4.69) is 24.3 Å². The van der Waals surface area contributed by atoms with E-state index >= 15 is 0 Å². The number of aryl methyl sites for hydroxylation is 2. The van der Waals surface area contributed by atoms with Gasteiger partial charge in [-0.1, -0.05) is 43.1 Å². The van der Waals surface area contributed by atoms with Crippen molar-refractivity contribution in [1.82, 2.24) is 9.78 Å². The first-order valence-corrected chi connectivity index (χ1v) is 7.54. The number of aromatic nitrogens is 2. The van der Waals surface area contributed by atoms with E-state index in [1.165, 1.54) is 0 Å². The van der Waals surface area contributed by atoms with Gasteiger partial charge in [0.2, 0.25) is 0 Å². The van der Waals surface area contributed by atoms with Gasteiger partial charge in [-0.2, -0.15) is 5.10 Å². The maximum absolute atomic E-state index is 6.30. The van der Waals surface area contributed by atoms with E-state index in [4.69, 9.17) is 23.2 Å². The summed E-state index contributed by atoms with van der Waals surface area (Å²) in [5.41, 5.74) is 3.19. The number of benzene rings is 1. The summed E-state index contributed by atoms with van der Waals surface area (Å²) in [5, 5.41) is 9.33. The third-order valence-electron chi connectivity index (χ3n) is 3.32. The lowest BCUT2D eigenvalue weighted by molar-refractivity contribution is 0.746. The van der Waals surface area contributed by atoms with E-state index in [0.29, 0.717) is 10.0 Å². The van der Waals surface area contributed by atoms with E-state index < -0.39 is 0 Å². The quantitative estimate of drug-likeness (QED) is 0.855. The summed E-state index contributed by atoms with van der Waals surface area (Å²) in [6.07, 6.45) is 3.83. The standard InChI is InChI=1S/C15H19Cl2N3/c1-4-13(11-7-6-10(16)8-12(11)17)18-15-9-20(3)19-14(15)5-2/h6-9,13,18H,4-5H2,1-3H3. The zero-order valence-electron chi connectivity index (χ0n) is 12.0. The minimum Gasteiger partial charge on any atom is -0.375 e. The molecule has 3 nitrogen and oxygen atoms in total. The molecule has 0 aliphatic heterocycles. The van der Waals surface area contributed by atoms with Crippen molar-refractivity contribution in [3.05, 3.63) is 45.7 Å². The molecule has 2 rings (SSSR count). The fourth-order valence-corrected chi connectivity index (χ4v) is 2.83. The number of hydrogen-bond donors (Lipinski definition) is 1. The van der Waals surface area contributed by atoms with Gasteiger partial charge in [0.1, 0.15) is 0 Å². The van der Waals surface area contributed by atoms with Crippen LogP contribution in [0.15, 0.2) is 24.4 Å². The molecule has 2 aromatic rings. The second-order valence-corrected chi connectivity index (χ2v) is 5.63. The Morgan fingerprint density at radius 2 is 2.05 bits per heavy atom. The molecule has 1 aromatic carbocycles. The average molecular weight is 312 g/mol. The van der Waals surface area contributed by atoms with Crippen LogP contribution < -0.4 is 5.32 Å². The predicted octanol–water partition coefficient (Wildman–Crippen LogP) is 4.85. The summed E-state index contributed by atoms with van der Waals surface area (Å²) in [7, 11) is 1.93. The Balaban J connectivity index is 2.28. The zero-order chi connectivity index (χ0) is 14.7. The van der Waals surface area contributed by atoms with Crippen molar-refractivity contribution in [2.45, 2.75) is 32.7 Å². The molecule has 0 bridgehead atoms. The number of nitrogens with one attached hydrogen (secondary N) is 1. The van der Waals surface area contributed by atoms with Gasteiger partial charge in [-0.15, -0.1) is 0 Å². The average Bonchev–Trinajstić information content (AvgIpc) is 2.76. The van der Waals surface area contributed by atoms with Crippen LogP contribution in [0.25, 0.3) is 0 Å². The van der Waals surface area contributed by atoms with Gasteiger partial charge in [0.05, 0.1) is 17.4 Å². The minimum atomic E-state index is 0.147. The van der Waals surface area contributed by atoms with Crippen molar-refractivity contribution >= 4 is 28.9 Å². The van der Waals surface area contributed by atoms with Crippen LogP contribution in [0.3, 0.4) is 0 Å². The number of nitrogens with zero attached hydrogens (tertiary/aromatic N) is 2. The monoisotopic (exact) mass is 311 g/mol. The van der Waals surface area contributed by atoms with E-state index in [1.54, 1.807) is 6.07 Å².